The smallest absolute Gasteiger partial charge is 0.266 e. The van der Waals surface area contributed by atoms with E-state index in [0.717, 1.165) is 5.56 Å². The molecule has 0 bridgehead atoms. The molecular weight excluding hydrogens is 530 g/mol. The van der Waals surface area contributed by atoms with Gasteiger partial charge in [0.1, 0.15) is 18.2 Å². The number of amides is 1. The van der Waals surface area contributed by atoms with Crippen molar-refractivity contribution in [1.82, 2.24) is 0 Å². The van der Waals surface area contributed by atoms with Gasteiger partial charge in [-0.15, -0.1) is 0 Å². The van der Waals surface area contributed by atoms with Crippen molar-refractivity contribution in [1.29, 1.82) is 10.5 Å². The van der Waals surface area contributed by atoms with Gasteiger partial charge >= 0.3 is 0 Å². The Kier molecular flexibility index (Phi) is 8.92. The van der Waals surface area contributed by atoms with Crippen LogP contribution in [0.25, 0.3) is 6.08 Å². The van der Waals surface area contributed by atoms with Crippen molar-refractivity contribution in [3.05, 3.63) is 91.9 Å². The standard InChI is InChI=1S/C27H21BrClN3O3/c1-3-34-25-13-18(11-21(15-31)27(33)32-24-10-6-9-23(29)17(24)2)12-22(28)26(25)35-16-20-8-5-4-7-19(20)14-30/h4-13H,3,16H2,1-2H3,(H,32,33)/b21-11+. The number of benzene rings is 3. The normalized spacial score (nSPS) is 10.7. The number of anilines is 1. The highest BCUT2D eigenvalue weighted by molar-refractivity contribution is 9.10. The van der Waals surface area contributed by atoms with E-state index in [0.29, 0.717) is 50.0 Å². The van der Waals surface area contributed by atoms with Gasteiger partial charge in [0.2, 0.25) is 0 Å². The lowest BCUT2D eigenvalue weighted by molar-refractivity contribution is -0.112. The molecule has 0 saturated heterocycles. The molecule has 0 aliphatic heterocycles. The lowest BCUT2D eigenvalue weighted by Crippen LogP contribution is -2.14. The summed E-state index contributed by atoms with van der Waals surface area (Å²) in [5, 5.41) is 22.2. The zero-order valence-corrected chi connectivity index (χ0v) is 21.4. The molecule has 0 aromatic heterocycles. The molecule has 1 amide bonds. The van der Waals surface area contributed by atoms with E-state index in [4.69, 9.17) is 21.1 Å². The molecule has 0 atom stereocenters. The fourth-order valence-corrected chi connectivity index (χ4v) is 3.98. The molecule has 8 heteroatoms. The first-order chi connectivity index (χ1) is 16.9. The largest absolute Gasteiger partial charge is 0.490 e. The summed E-state index contributed by atoms with van der Waals surface area (Å²) in [6.07, 6.45) is 1.47. The highest BCUT2D eigenvalue weighted by atomic mass is 79.9. The zero-order chi connectivity index (χ0) is 25.4. The summed E-state index contributed by atoms with van der Waals surface area (Å²) in [4.78, 5) is 12.8. The van der Waals surface area contributed by atoms with Crippen molar-refractivity contribution in [3.63, 3.8) is 0 Å². The number of rotatable bonds is 8. The Morgan fingerprint density at radius 3 is 2.63 bits per heavy atom. The Bertz CT molecular complexity index is 1370. The topological polar surface area (TPSA) is 95.1 Å². The van der Waals surface area contributed by atoms with E-state index in [1.807, 2.05) is 25.1 Å². The second-order valence-corrected chi connectivity index (χ2v) is 8.62. The van der Waals surface area contributed by atoms with Gasteiger partial charge in [-0.3, -0.25) is 4.79 Å². The second-order valence-electron chi connectivity index (χ2n) is 7.36. The van der Waals surface area contributed by atoms with Crippen LogP contribution in [0.15, 0.2) is 64.6 Å². The minimum Gasteiger partial charge on any atom is -0.490 e. The Balaban J connectivity index is 1.88. The van der Waals surface area contributed by atoms with Gasteiger partial charge in [-0.1, -0.05) is 35.9 Å². The molecular formula is C27H21BrClN3O3. The van der Waals surface area contributed by atoms with E-state index in [1.165, 1.54) is 6.08 Å². The quantitative estimate of drug-likeness (QED) is 0.246. The first-order valence-electron chi connectivity index (χ1n) is 10.6. The van der Waals surface area contributed by atoms with E-state index in [2.05, 4.69) is 27.3 Å². The number of hydrogen-bond acceptors (Lipinski definition) is 5. The number of ether oxygens (including phenoxy) is 2. The number of nitrogens with one attached hydrogen (secondary N) is 1. The molecule has 3 aromatic rings. The summed E-state index contributed by atoms with van der Waals surface area (Å²) >= 11 is 9.62. The highest BCUT2D eigenvalue weighted by Gasteiger charge is 2.16. The number of hydrogen-bond donors (Lipinski definition) is 1. The van der Waals surface area contributed by atoms with Crippen LogP contribution < -0.4 is 14.8 Å². The SMILES string of the molecule is CCOc1cc(/C=C(\C#N)C(=O)Nc2cccc(Cl)c2C)cc(Br)c1OCc1ccccc1C#N. The van der Waals surface area contributed by atoms with Crippen molar-refractivity contribution >= 4 is 45.2 Å². The first-order valence-corrected chi connectivity index (χ1v) is 11.8. The van der Waals surface area contributed by atoms with Gasteiger partial charge < -0.3 is 14.8 Å². The van der Waals surface area contributed by atoms with E-state index < -0.39 is 5.91 Å². The Hall–Kier alpha value is -3.78. The van der Waals surface area contributed by atoms with E-state index in [1.54, 1.807) is 49.4 Å². The van der Waals surface area contributed by atoms with Gasteiger partial charge in [-0.25, -0.2) is 0 Å². The van der Waals surface area contributed by atoms with E-state index >= 15 is 0 Å². The van der Waals surface area contributed by atoms with Gasteiger partial charge in [0.25, 0.3) is 5.91 Å². The molecule has 0 unspecified atom stereocenters. The lowest BCUT2D eigenvalue weighted by Gasteiger charge is -2.15. The van der Waals surface area contributed by atoms with Crippen molar-refractivity contribution < 1.29 is 14.3 Å². The summed E-state index contributed by atoms with van der Waals surface area (Å²) in [5.74, 6) is 0.334. The van der Waals surface area contributed by atoms with Gasteiger partial charge in [-0.05, 0) is 77.3 Å². The summed E-state index contributed by atoms with van der Waals surface area (Å²) < 4.78 is 12.3. The van der Waals surface area contributed by atoms with Gasteiger partial charge in [-0.2, -0.15) is 10.5 Å². The molecule has 0 radical (unpaired) electrons. The average Bonchev–Trinajstić information content (AvgIpc) is 2.85. The maximum absolute atomic E-state index is 12.8. The molecule has 3 rings (SSSR count). The molecule has 6 nitrogen and oxygen atoms in total. The maximum Gasteiger partial charge on any atom is 0.266 e. The zero-order valence-electron chi connectivity index (χ0n) is 19.1. The number of nitrogens with zero attached hydrogens (tertiary/aromatic N) is 2. The highest BCUT2D eigenvalue weighted by Crippen LogP contribution is 2.38. The Labute approximate surface area is 217 Å². The molecule has 1 N–H and O–H groups in total. The summed E-state index contributed by atoms with van der Waals surface area (Å²) in [5.41, 5.74) is 2.99. The number of carbonyl (C=O) groups excluding carboxylic acids is 1. The van der Waals surface area contributed by atoms with Crippen molar-refractivity contribution in [3.8, 4) is 23.6 Å². The van der Waals surface area contributed by atoms with Gasteiger partial charge in [0.05, 0.1) is 22.7 Å². The van der Waals surface area contributed by atoms with Crippen molar-refractivity contribution in [2.24, 2.45) is 0 Å². The molecule has 176 valence electrons. The van der Waals surface area contributed by atoms with Gasteiger partial charge in [0.15, 0.2) is 11.5 Å². The number of halogens is 2. The molecule has 0 saturated carbocycles. The summed E-state index contributed by atoms with van der Waals surface area (Å²) in [6.45, 7) is 4.17. The molecule has 0 aliphatic carbocycles. The first kappa shape index (κ1) is 25.8. The van der Waals surface area contributed by atoms with Crippen LogP contribution in [0.4, 0.5) is 5.69 Å². The third kappa shape index (κ3) is 6.42. The van der Waals surface area contributed by atoms with E-state index in [9.17, 15) is 15.3 Å². The molecule has 0 fully saturated rings. The minimum absolute atomic E-state index is 0.0876. The van der Waals surface area contributed by atoms with Gasteiger partial charge in [0, 0.05) is 16.3 Å². The fraction of sp³-hybridized carbons (Fsp3) is 0.148. The Morgan fingerprint density at radius 1 is 1.14 bits per heavy atom. The summed E-state index contributed by atoms with van der Waals surface area (Å²) in [6, 6.07) is 19.9. The van der Waals surface area contributed by atoms with Crippen LogP contribution in [0, 0.1) is 29.6 Å². The van der Waals surface area contributed by atoms with Crippen LogP contribution >= 0.6 is 27.5 Å². The van der Waals surface area contributed by atoms with Crippen LogP contribution in [0.5, 0.6) is 11.5 Å². The van der Waals surface area contributed by atoms with Crippen LogP contribution in [0.3, 0.4) is 0 Å². The monoisotopic (exact) mass is 549 g/mol. The number of nitriles is 2. The molecule has 35 heavy (non-hydrogen) atoms. The third-order valence-corrected chi connectivity index (χ3v) is 6.03. The van der Waals surface area contributed by atoms with Crippen LogP contribution in [-0.2, 0) is 11.4 Å². The van der Waals surface area contributed by atoms with Crippen molar-refractivity contribution in [2.45, 2.75) is 20.5 Å². The molecule has 0 aliphatic rings. The molecule has 0 spiro atoms. The molecule has 3 aromatic carbocycles. The average molecular weight is 551 g/mol. The maximum atomic E-state index is 12.8. The fourth-order valence-electron chi connectivity index (χ4n) is 3.23. The lowest BCUT2D eigenvalue weighted by atomic mass is 10.1. The predicted octanol–water partition coefficient (Wildman–Crippen LogP) is 6.81. The Morgan fingerprint density at radius 2 is 1.91 bits per heavy atom. The second kappa shape index (κ2) is 12.1. The van der Waals surface area contributed by atoms with E-state index in [-0.39, 0.29) is 12.2 Å². The van der Waals surface area contributed by atoms with Crippen LogP contribution in [0.2, 0.25) is 5.02 Å². The summed E-state index contributed by atoms with van der Waals surface area (Å²) in [7, 11) is 0. The predicted molar refractivity (Wildman–Crippen MR) is 139 cm³/mol. The van der Waals surface area contributed by atoms with Crippen molar-refractivity contribution in [2.75, 3.05) is 11.9 Å². The third-order valence-electron chi connectivity index (χ3n) is 5.03. The van der Waals surface area contributed by atoms with Crippen LogP contribution in [0.1, 0.15) is 29.2 Å². The minimum atomic E-state index is -0.555. The number of carbonyl (C=O) groups is 1. The van der Waals surface area contributed by atoms with Crippen LogP contribution in [-0.4, -0.2) is 12.5 Å². The molecule has 0 heterocycles.